The monoisotopic (exact) mass is 501 g/mol. The molecular formula is C26H33ClFN5S. The van der Waals surface area contributed by atoms with E-state index in [1.807, 2.05) is 36.4 Å². The van der Waals surface area contributed by atoms with Gasteiger partial charge in [0.05, 0.1) is 0 Å². The fraction of sp³-hybridized carbons (Fsp3) is 0.500. The normalized spacial score (nSPS) is 26.9. The van der Waals surface area contributed by atoms with E-state index in [0.29, 0.717) is 16.2 Å². The maximum absolute atomic E-state index is 13.2. The number of fused-ring (bicyclic) bond motifs is 3. The molecule has 4 heterocycles. The number of nitrogens with zero attached hydrogens (tertiary/aromatic N) is 3. The highest BCUT2D eigenvalue weighted by molar-refractivity contribution is 7.80. The van der Waals surface area contributed by atoms with Crippen LogP contribution in [0.4, 0.5) is 15.8 Å². The lowest BCUT2D eigenvalue weighted by atomic mass is 9.75. The second kappa shape index (κ2) is 10.8. The Kier molecular flexibility index (Phi) is 7.54. The first kappa shape index (κ1) is 23.8. The van der Waals surface area contributed by atoms with E-state index >= 15 is 0 Å². The van der Waals surface area contributed by atoms with Crippen molar-refractivity contribution in [3.8, 4) is 0 Å². The summed E-state index contributed by atoms with van der Waals surface area (Å²) in [6, 6.07) is 15.1. The van der Waals surface area contributed by atoms with Crippen molar-refractivity contribution in [2.45, 2.75) is 18.9 Å². The van der Waals surface area contributed by atoms with Crippen LogP contribution in [-0.2, 0) is 0 Å². The van der Waals surface area contributed by atoms with E-state index in [1.54, 1.807) is 12.1 Å². The van der Waals surface area contributed by atoms with Gasteiger partial charge in [0, 0.05) is 68.3 Å². The number of thiocarbonyl (C=S) groups is 1. The molecule has 182 valence electrons. The summed E-state index contributed by atoms with van der Waals surface area (Å²) in [5, 5.41) is 8.01. The Labute approximate surface area is 212 Å². The largest absolute Gasteiger partial charge is 0.369 e. The van der Waals surface area contributed by atoms with Crippen LogP contribution < -0.4 is 15.5 Å². The highest BCUT2D eigenvalue weighted by Gasteiger charge is 2.40. The quantitative estimate of drug-likeness (QED) is 0.574. The summed E-state index contributed by atoms with van der Waals surface area (Å²) in [6.45, 7) is 8.63. The van der Waals surface area contributed by atoms with Gasteiger partial charge in [-0.3, -0.25) is 9.80 Å². The van der Waals surface area contributed by atoms with Gasteiger partial charge in [-0.1, -0.05) is 17.7 Å². The minimum absolute atomic E-state index is 0.169. The maximum Gasteiger partial charge on any atom is 0.170 e. The average molecular weight is 502 g/mol. The molecule has 4 aliphatic heterocycles. The van der Waals surface area contributed by atoms with Crippen LogP contribution in [0.1, 0.15) is 12.8 Å². The zero-order valence-electron chi connectivity index (χ0n) is 19.4. The van der Waals surface area contributed by atoms with Gasteiger partial charge in [0.15, 0.2) is 5.11 Å². The Hall–Kier alpha value is -1.93. The Bertz CT molecular complexity index is 981. The molecule has 0 radical (unpaired) electrons. The molecule has 5 nitrogen and oxygen atoms in total. The predicted octanol–water partition coefficient (Wildman–Crippen LogP) is 4.30. The van der Waals surface area contributed by atoms with Crippen LogP contribution in [0, 0.1) is 17.7 Å². The molecule has 2 bridgehead atoms. The number of piperazine rings is 1. The topological polar surface area (TPSA) is 33.8 Å². The van der Waals surface area contributed by atoms with Gasteiger partial charge >= 0.3 is 0 Å². The van der Waals surface area contributed by atoms with Gasteiger partial charge < -0.3 is 15.5 Å². The summed E-state index contributed by atoms with van der Waals surface area (Å²) in [5.74, 6) is 1.37. The zero-order chi connectivity index (χ0) is 23.5. The third kappa shape index (κ3) is 5.82. The number of nitrogens with one attached hydrogen (secondary N) is 2. The molecule has 8 heteroatoms. The molecule has 4 aliphatic rings. The van der Waals surface area contributed by atoms with Crippen molar-refractivity contribution in [3.63, 3.8) is 0 Å². The molecule has 4 saturated heterocycles. The first-order valence-electron chi connectivity index (χ1n) is 12.3. The molecule has 2 aromatic carbocycles. The van der Waals surface area contributed by atoms with Crippen molar-refractivity contribution in [3.05, 3.63) is 59.4 Å². The van der Waals surface area contributed by atoms with Crippen LogP contribution in [0.15, 0.2) is 48.5 Å². The molecule has 2 N–H and O–H groups in total. The fourth-order valence-electron chi connectivity index (χ4n) is 5.79. The molecule has 4 atom stereocenters. The lowest BCUT2D eigenvalue weighted by Gasteiger charge is -2.51. The Morgan fingerprint density at radius 3 is 2.56 bits per heavy atom. The molecule has 2 aromatic rings. The summed E-state index contributed by atoms with van der Waals surface area (Å²) in [6.07, 6.45) is 2.55. The standard InChI is InChI=1S/C26H33ClFN5S/c27-21-2-1-3-23(15-21)30-26(34)29-16-25-14-19-8-9-33(25)18-20(19)17-31-10-12-32(13-11-31)24-6-4-22(28)5-7-24/h1-7,15,19-20,25H,8-14,16-18H2,(H2,29,30,34)/t19-,20+,25-/m1/s1. The van der Waals surface area contributed by atoms with Crippen LogP contribution in [0.5, 0.6) is 0 Å². The van der Waals surface area contributed by atoms with E-state index in [1.165, 1.54) is 32.5 Å². The number of rotatable bonds is 6. The van der Waals surface area contributed by atoms with Gasteiger partial charge in [-0.2, -0.15) is 0 Å². The Morgan fingerprint density at radius 1 is 1.06 bits per heavy atom. The van der Waals surface area contributed by atoms with E-state index in [4.69, 9.17) is 23.8 Å². The van der Waals surface area contributed by atoms with E-state index in [2.05, 4.69) is 25.3 Å². The van der Waals surface area contributed by atoms with E-state index in [9.17, 15) is 4.39 Å². The summed E-state index contributed by atoms with van der Waals surface area (Å²) in [7, 11) is 0. The number of piperidine rings is 3. The number of hydrogen-bond donors (Lipinski definition) is 2. The van der Waals surface area contributed by atoms with Gasteiger partial charge in [-0.15, -0.1) is 0 Å². The highest BCUT2D eigenvalue weighted by Crippen LogP contribution is 2.36. The molecule has 0 saturated carbocycles. The molecular weight excluding hydrogens is 469 g/mol. The predicted molar refractivity (Wildman–Crippen MR) is 142 cm³/mol. The smallest absolute Gasteiger partial charge is 0.170 e. The van der Waals surface area contributed by atoms with E-state index in [-0.39, 0.29) is 5.82 Å². The van der Waals surface area contributed by atoms with Crippen molar-refractivity contribution < 1.29 is 4.39 Å². The zero-order valence-corrected chi connectivity index (χ0v) is 21.0. The Morgan fingerprint density at radius 2 is 1.85 bits per heavy atom. The molecule has 0 amide bonds. The van der Waals surface area contributed by atoms with Gasteiger partial charge in [0.2, 0.25) is 0 Å². The minimum atomic E-state index is -0.169. The number of anilines is 2. The SMILES string of the molecule is Fc1ccc(N2CCN(C[C@H]3CN4CC[C@@H]3C[C@@H]4CNC(=S)Nc3cccc(Cl)c3)CC2)cc1. The van der Waals surface area contributed by atoms with Crippen molar-refractivity contribution in [1.29, 1.82) is 0 Å². The Balaban J connectivity index is 1.06. The summed E-state index contributed by atoms with van der Waals surface area (Å²) >= 11 is 11.6. The van der Waals surface area contributed by atoms with Crippen molar-refractivity contribution in [2.24, 2.45) is 11.8 Å². The molecule has 0 aliphatic carbocycles. The van der Waals surface area contributed by atoms with Gasteiger partial charge in [0.1, 0.15) is 5.82 Å². The highest BCUT2D eigenvalue weighted by atomic mass is 35.5. The molecule has 0 spiro atoms. The first-order chi connectivity index (χ1) is 16.5. The summed E-state index contributed by atoms with van der Waals surface area (Å²) < 4.78 is 13.2. The van der Waals surface area contributed by atoms with Crippen molar-refractivity contribution in [1.82, 2.24) is 15.1 Å². The van der Waals surface area contributed by atoms with Crippen LogP contribution in [0.25, 0.3) is 0 Å². The fourth-order valence-corrected chi connectivity index (χ4v) is 6.18. The van der Waals surface area contributed by atoms with Crippen LogP contribution in [0.2, 0.25) is 5.02 Å². The van der Waals surface area contributed by atoms with Crippen LogP contribution in [0.3, 0.4) is 0 Å². The third-order valence-electron chi connectivity index (χ3n) is 7.65. The second-order valence-electron chi connectivity index (χ2n) is 9.80. The number of benzene rings is 2. The molecule has 1 unspecified atom stereocenters. The lowest BCUT2D eigenvalue weighted by Crippen LogP contribution is -2.59. The summed E-state index contributed by atoms with van der Waals surface area (Å²) in [4.78, 5) is 7.66. The summed E-state index contributed by atoms with van der Waals surface area (Å²) in [5.41, 5.74) is 2.04. The average Bonchev–Trinajstić information content (AvgIpc) is 2.84. The van der Waals surface area contributed by atoms with Crippen LogP contribution >= 0.6 is 23.8 Å². The van der Waals surface area contributed by atoms with E-state index < -0.39 is 0 Å². The first-order valence-corrected chi connectivity index (χ1v) is 13.1. The van der Waals surface area contributed by atoms with Gasteiger partial charge in [-0.25, -0.2) is 4.39 Å². The number of halogens is 2. The molecule has 0 aromatic heterocycles. The van der Waals surface area contributed by atoms with Crippen molar-refractivity contribution >= 4 is 40.3 Å². The van der Waals surface area contributed by atoms with Crippen molar-refractivity contribution in [2.75, 3.05) is 62.6 Å². The number of hydrogen-bond acceptors (Lipinski definition) is 4. The maximum atomic E-state index is 13.2. The third-order valence-corrected chi connectivity index (χ3v) is 8.13. The minimum Gasteiger partial charge on any atom is -0.369 e. The molecule has 4 fully saturated rings. The molecule has 34 heavy (non-hydrogen) atoms. The van der Waals surface area contributed by atoms with E-state index in [0.717, 1.165) is 55.9 Å². The van der Waals surface area contributed by atoms with Gasteiger partial charge in [0.25, 0.3) is 0 Å². The van der Waals surface area contributed by atoms with Crippen LogP contribution in [-0.4, -0.2) is 73.3 Å². The van der Waals surface area contributed by atoms with Gasteiger partial charge in [-0.05, 0) is 85.9 Å². The second-order valence-corrected chi connectivity index (χ2v) is 10.6. The molecule has 6 rings (SSSR count). The lowest BCUT2D eigenvalue weighted by molar-refractivity contribution is -0.0110.